The van der Waals surface area contributed by atoms with Gasteiger partial charge in [-0.2, -0.15) is 0 Å². The van der Waals surface area contributed by atoms with E-state index >= 15 is 0 Å². The molecule has 1 heteroatoms. The highest BCUT2D eigenvalue weighted by Crippen LogP contribution is 2.28. The van der Waals surface area contributed by atoms with Crippen molar-refractivity contribution in [1.82, 2.24) is 0 Å². The lowest BCUT2D eigenvalue weighted by Crippen LogP contribution is -1.90. The summed E-state index contributed by atoms with van der Waals surface area (Å²) < 4.78 is 0. The van der Waals surface area contributed by atoms with Gasteiger partial charge in [-0.1, -0.05) is 124 Å². The number of hydrogen-bond acceptors (Lipinski definition) is 0. The molecular weight excluding hydrogens is 320 g/mol. The van der Waals surface area contributed by atoms with Crippen molar-refractivity contribution in [3.63, 3.8) is 0 Å². The van der Waals surface area contributed by atoms with Crippen LogP contribution in [0.25, 0.3) is 0 Å². The fraction of sp³-hybridized carbons (Fsp3) is 0.700. The van der Waals surface area contributed by atoms with Crippen LogP contribution in [-0.2, 0) is 0 Å². The lowest BCUT2D eigenvalue weighted by Gasteiger charge is -2.09. The van der Waals surface area contributed by atoms with Gasteiger partial charge in [0.05, 0.1) is 0 Å². The molecular formula is C20H33Br. The minimum atomic E-state index is 0.539. The molecule has 0 heterocycles. The first-order chi connectivity index (χ1) is 10.3. The highest BCUT2D eigenvalue weighted by Gasteiger charge is 2.05. The molecule has 1 atom stereocenters. The molecule has 1 aromatic carbocycles. The Hall–Kier alpha value is -0.300. The summed E-state index contributed by atoms with van der Waals surface area (Å²) in [4.78, 5) is 0.539. The molecule has 120 valence electrons. The van der Waals surface area contributed by atoms with Gasteiger partial charge in [-0.25, -0.2) is 0 Å². The van der Waals surface area contributed by atoms with Crippen molar-refractivity contribution in [3.05, 3.63) is 35.9 Å². The normalized spacial score (nSPS) is 12.5. The molecule has 21 heavy (non-hydrogen) atoms. The van der Waals surface area contributed by atoms with E-state index in [1.165, 1.54) is 82.6 Å². The van der Waals surface area contributed by atoms with Crippen LogP contribution in [-0.4, -0.2) is 0 Å². The smallest absolute Gasteiger partial charge is 0.0395 e. The van der Waals surface area contributed by atoms with E-state index in [-0.39, 0.29) is 0 Å². The minimum absolute atomic E-state index is 0.539. The average Bonchev–Trinajstić information content (AvgIpc) is 2.53. The summed E-state index contributed by atoms with van der Waals surface area (Å²) >= 11 is 3.81. The van der Waals surface area contributed by atoms with Crippen molar-refractivity contribution in [2.45, 2.75) is 88.8 Å². The first-order valence-corrected chi connectivity index (χ1v) is 9.95. The number of hydrogen-bond donors (Lipinski definition) is 0. The third kappa shape index (κ3) is 10.1. The summed E-state index contributed by atoms with van der Waals surface area (Å²) in [5, 5.41) is 0. The van der Waals surface area contributed by atoms with E-state index in [9.17, 15) is 0 Å². The largest absolute Gasteiger partial charge is 0.0839 e. The Morgan fingerprint density at radius 1 is 0.714 bits per heavy atom. The zero-order chi connectivity index (χ0) is 15.2. The highest BCUT2D eigenvalue weighted by molar-refractivity contribution is 9.09. The number of rotatable bonds is 13. The maximum atomic E-state index is 3.81. The Kier molecular flexibility index (Phi) is 11.9. The SMILES string of the molecule is CCCCCCCCCCCCCC(Br)c1ccccc1. The van der Waals surface area contributed by atoms with Gasteiger partial charge >= 0.3 is 0 Å². The van der Waals surface area contributed by atoms with Gasteiger partial charge in [0.2, 0.25) is 0 Å². The fourth-order valence-corrected chi connectivity index (χ4v) is 3.45. The predicted octanol–water partition coefficient (Wildman–Crippen LogP) is 7.82. The van der Waals surface area contributed by atoms with Crippen LogP contribution >= 0.6 is 15.9 Å². The van der Waals surface area contributed by atoms with E-state index in [4.69, 9.17) is 0 Å². The van der Waals surface area contributed by atoms with Gasteiger partial charge < -0.3 is 0 Å². The van der Waals surface area contributed by atoms with E-state index in [0.29, 0.717) is 4.83 Å². The van der Waals surface area contributed by atoms with Gasteiger partial charge in [0, 0.05) is 4.83 Å². The van der Waals surface area contributed by atoms with Crippen LogP contribution in [0.4, 0.5) is 0 Å². The Labute approximate surface area is 140 Å². The molecule has 0 bridgehead atoms. The Morgan fingerprint density at radius 3 is 1.71 bits per heavy atom. The molecule has 0 nitrogen and oxygen atoms in total. The Balaban J connectivity index is 1.86. The summed E-state index contributed by atoms with van der Waals surface area (Å²) in [6, 6.07) is 10.8. The van der Waals surface area contributed by atoms with Crippen LogP contribution in [0.3, 0.4) is 0 Å². The van der Waals surface area contributed by atoms with Crippen LogP contribution in [0.1, 0.15) is 94.4 Å². The van der Waals surface area contributed by atoms with Crippen molar-refractivity contribution in [1.29, 1.82) is 0 Å². The summed E-state index contributed by atoms with van der Waals surface area (Å²) in [7, 11) is 0. The summed E-state index contributed by atoms with van der Waals surface area (Å²) in [5.74, 6) is 0. The molecule has 0 radical (unpaired) electrons. The van der Waals surface area contributed by atoms with Crippen molar-refractivity contribution in [2.24, 2.45) is 0 Å². The lowest BCUT2D eigenvalue weighted by molar-refractivity contribution is 0.543. The topological polar surface area (TPSA) is 0 Å². The lowest BCUT2D eigenvalue weighted by atomic mass is 10.0. The van der Waals surface area contributed by atoms with Gasteiger partial charge in [0.25, 0.3) is 0 Å². The zero-order valence-corrected chi connectivity index (χ0v) is 15.4. The summed E-state index contributed by atoms with van der Waals surface area (Å²) in [5.41, 5.74) is 1.42. The number of unbranched alkanes of at least 4 members (excludes halogenated alkanes) is 10. The monoisotopic (exact) mass is 352 g/mol. The standard InChI is InChI=1S/C20H33Br/c1-2-3-4-5-6-7-8-9-10-11-15-18-20(21)19-16-13-12-14-17-19/h12-14,16-17,20H,2-11,15,18H2,1H3. The molecule has 0 aliphatic heterocycles. The van der Waals surface area contributed by atoms with Crippen molar-refractivity contribution >= 4 is 15.9 Å². The summed E-state index contributed by atoms with van der Waals surface area (Å²) in [6.07, 6.45) is 16.9. The van der Waals surface area contributed by atoms with Crippen LogP contribution in [0.5, 0.6) is 0 Å². The second-order valence-corrected chi connectivity index (χ2v) is 7.31. The Morgan fingerprint density at radius 2 is 1.19 bits per heavy atom. The van der Waals surface area contributed by atoms with Crippen LogP contribution in [0, 0.1) is 0 Å². The third-order valence-corrected chi connectivity index (χ3v) is 5.21. The molecule has 0 saturated carbocycles. The van der Waals surface area contributed by atoms with Crippen molar-refractivity contribution < 1.29 is 0 Å². The van der Waals surface area contributed by atoms with E-state index < -0.39 is 0 Å². The van der Waals surface area contributed by atoms with Crippen LogP contribution < -0.4 is 0 Å². The van der Waals surface area contributed by atoms with E-state index in [2.05, 4.69) is 53.2 Å². The van der Waals surface area contributed by atoms with E-state index in [1.54, 1.807) is 0 Å². The first-order valence-electron chi connectivity index (χ1n) is 9.03. The Bertz CT molecular complexity index is 320. The number of halogens is 1. The van der Waals surface area contributed by atoms with Crippen LogP contribution in [0.15, 0.2) is 30.3 Å². The molecule has 0 fully saturated rings. The molecule has 0 saturated heterocycles. The summed E-state index contributed by atoms with van der Waals surface area (Å²) in [6.45, 7) is 2.29. The second-order valence-electron chi connectivity index (χ2n) is 6.20. The molecule has 0 N–H and O–H groups in total. The molecule has 1 aromatic rings. The molecule has 1 rings (SSSR count). The van der Waals surface area contributed by atoms with Crippen molar-refractivity contribution in [3.8, 4) is 0 Å². The molecule has 1 unspecified atom stereocenters. The predicted molar refractivity (Wildman–Crippen MR) is 99.2 cm³/mol. The molecule has 0 aromatic heterocycles. The van der Waals surface area contributed by atoms with Gasteiger partial charge in [0.15, 0.2) is 0 Å². The van der Waals surface area contributed by atoms with E-state index in [1.807, 2.05) is 0 Å². The number of benzene rings is 1. The average molecular weight is 353 g/mol. The fourth-order valence-electron chi connectivity index (χ4n) is 2.82. The van der Waals surface area contributed by atoms with E-state index in [0.717, 1.165) is 0 Å². The quantitative estimate of drug-likeness (QED) is 0.250. The highest BCUT2D eigenvalue weighted by atomic mass is 79.9. The van der Waals surface area contributed by atoms with Gasteiger partial charge in [-0.3, -0.25) is 0 Å². The van der Waals surface area contributed by atoms with Gasteiger partial charge in [0.1, 0.15) is 0 Å². The van der Waals surface area contributed by atoms with Gasteiger partial charge in [-0.15, -0.1) is 0 Å². The minimum Gasteiger partial charge on any atom is -0.0839 e. The molecule has 0 aliphatic rings. The maximum absolute atomic E-state index is 3.81. The zero-order valence-electron chi connectivity index (χ0n) is 13.8. The molecule has 0 aliphatic carbocycles. The second kappa shape index (κ2) is 13.4. The first kappa shape index (κ1) is 18.7. The maximum Gasteiger partial charge on any atom is 0.0395 e. The van der Waals surface area contributed by atoms with Crippen molar-refractivity contribution in [2.75, 3.05) is 0 Å². The molecule has 0 amide bonds. The number of alkyl halides is 1. The third-order valence-electron chi connectivity index (χ3n) is 4.22. The van der Waals surface area contributed by atoms with Gasteiger partial charge in [-0.05, 0) is 12.0 Å². The van der Waals surface area contributed by atoms with Crippen LogP contribution in [0.2, 0.25) is 0 Å². The molecule has 0 spiro atoms.